The Bertz CT molecular complexity index is 1010. The molecule has 0 aliphatic carbocycles. The predicted octanol–water partition coefficient (Wildman–Crippen LogP) is 4.25. The summed E-state index contributed by atoms with van der Waals surface area (Å²) < 4.78 is 10.0. The summed E-state index contributed by atoms with van der Waals surface area (Å²) in [7, 11) is 1.32. The van der Waals surface area contributed by atoms with Crippen molar-refractivity contribution in [3.05, 3.63) is 65.4 Å². The van der Waals surface area contributed by atoms with Crippen molar-refractivity contribution in [2.75, 3.05) is 19.0 Å². The van der Waals surface area contributed by atoms with E-state index in [0.717, 1.165) is 11.3 Å². The molecule has 0 bridgehead atoms. The molecule has 0 saturated carbocycles. The smallest absolute Gasteiger partial charge is 0.341 e. The quantitative estimate of drug-likeness (QED) is 0.682. The summed E-state index contributed by atoms with van der Waals surface area (Å²) in [5, 5.41) is 3.92. The minimum absolute atomic E-state index is 0.253. The third kappa shape index (κ3) is 3.74. The second kappa shape index (κ2) is 7.86. The van der Waals surface area contributed by atoms with Gasteiger partial charge in [-0.3, -0.25) is 4.98 Å². The lowest BCUT2D eigenvalue weighted by Gasteiger charge is -2.15. The van der Waals surface area contributed by atoms with Gasteiger partial charge in [-0.2, -0.15) is 0 Å². The van der Waals surface area contributed by atoms with Crippen LogP contribution in [-0.2, 0) is 9.47 Å². The number of carbonyl (C=O) groups is 2. The fourth-order valence-electron chi connectivity index (χ4n) is 2.86. The highest BCUT2D eigenvalue weighted by Crippen LogP contribution is 2.31. The van der Waals surface area contributed by atoms with Crippen LogP contribution < -0.4 is 5.32 Å². The van der Waals surface area contributed by atoms with Crippen molar-refractivity contribution in [1.29, 1.82) is 0 Å². The number of benzene rings is 2. The van der Waals surface area contributed by atoms with Crippen LogP contribution in [0.15, 0.2) is 48.7 Å². The molecule has 1 heterocycles. The van der Waals surface area contributed by atoms with Gasteiger partial charge in [-0.25, -0.2) is 9.59 Å². The summed E-state index contributed by atoms with van der Waals surface area (Å²) in [4.78, 5) is 28.9. The number of methoxy groups -OCH3 is 1. The Morgan fingerprint density at radius 2 is 1.85 bits per heavy atom. The van der Waals surface area contributed by atoms with E-state index in [1.807, 2.05) is 31.2 Å². The molecule has 0 amide bonds. The zero-order valence-corrected chi connectivity index (χ0v) is 15.4. The predicted molar refractivity (Wildman–Crippen MR) is 104 cm³/mol. The molecule has 138 valence electrons. The lowest BCUT2D eigenvalue weighted by Crippen LogP contribution is -2.10. The van der Waals surface area contributed by atoms with Crippen LogP contribution >= 0.6 is 0 Å². The van der Waals surface area contributed by atoms with Gasteiger partial charge < -0.3 is 14.8 Å². The normalized spacial score (nSPS) is 10.5. The van der Waals surface area contributed by atoms with Crippen molar-refractivity contribution in [2.24, 2.45) is 0 Å². The molecule has 3 aromatic rings. The molecule has 1 N–H and O–H groups in total. The highest BCUT2D eigenvalue weighted by molar-refractivity contribution is 6.11. The van der Waals surface area contributed by atoms with Crippen LogP contribution in [0.5, 0.6) is 0 Å². The van der Waals surface area contributed by atoms with Gasteiger partial charge in [0.15, 0.2) is 0 Å². The lowest BCUT2D eigenvalue weighted by molar-refractivity contribution is 0.0526. The maximum absolute atomic E-state index is 12.4. The number of nitrogens with one attached hydrogen (secondary N) is 1. The summed E-state index contributed by atoms with van der Waals surface area (Å²) >= 11 is 0. The van der Waals surface area contributed by atoms with E-state index < -0.39 is 11.9 Å². The minimum Gasteiger partial charge on any atom is -0.465 e. The Labute approximate surface area is 157 Å². The summed E-state index contributed by atoms with van der Waals surface area (Å²) in [5.41, 5.74) is 3.51. The van der Waals surface area contributed by atoms with Crippen molar-refractivity contribution in [3.63, 3.8) is 0 Å². The standard InChI is InChI=1S/C21H20N2O4/c1-4-27-21(25)17-12-22-18-15(9-6-10-16(18)20(24)26-3)19(17)23-14-8-5-7-13(2)11-14/h5-12H,4H2,1-3H3,(H,22,23). The Balaban J connectivity index is 2.22. The topological polar surface area (TPSA) is 77.5 Å². The van der Waals surface area contributed by atoms with Crippen molar-refractivity contribution >= 4 is 34.2 Å². The molecule has 0 fully saturated rings. The first-order valence-electron chi connectivity index (χ1n) is 8.56. The van der Waals surface area contributed by atoms with Crippen LogP contribution in [0.25, 0.3) is 10.9 Å². The maximum atomic E-state index is 12.4. The van der Waals surface area contributed by atoms with Gasteiger partial charge in [-0.15, -0.1) is 0 Å². The molecule has 0 saturated heterocycles. The van der Waals surface area contributed by atoms with Crippen LogP contribution in [0, 0.1) is 6.92 Å². The molecule has 0 spiro atoms. The molecular weight excluding hydrogens is 344 g/mol. The van der Waals surface area contributed by atoms with Crippen LogP contribution in [0.3, 0.4) is 0 Å². The van der Waals surface area contributed by atoms with E-state index in [1.165, 1.54) is 13.3 Å². The van der Waals surface area contributed by atoms with Gasteiger partial charge in [0.05, 0.1) is 30.5 Å². The van der Waals surface area contributed by atoms with Crippen molar-refractivity contribution in [1.82, 2.24) is 4.98 Å². The second-order valence-electron chi connectivity index (χ2n) is 5.96. The van der Waals surface area contributed by atoms with Gasteiger partial charge in [-0.05, 0) is 37.6 Å². The van der Waals surface area contributed by atoms with E-state index in [-0.39, 0.29) is 6.61 Å². The van der Waals surface area contributed by atoms with Gasteiger partial charge in [-0.1, -0.05) is 24.3 Å². The van der Waals surface area contributed by atoms with E-state index in [2.05, 4.69) is 10.3 Å². The monoisotopic (exact) mass is 364 g/mol. The number of carbonyl (C=O) groups excluding carboxylic acids is 2. The van der Waals surface area contributed by atoms with Crippen LogP contribution in [-0.4, -0.2) is 30.6 Å². The Morgan fingerprint density at radius 1 is 1.07 bits per heavy atom. The number of esters is 2. The summed E-state index contributed by atoms with van der Waals surface area (Å²) in [6.45, 7) is 3.98. The van der Waals surface area contributed by atoms with Crippen LogP contribution in [0.1, 0.15) is 33.2 Å². The van der Waals surface area contributed by atoms with E-state index >= 15 is 0 Å². The largest absolute Gasteiger partial charge is 0.465 e. The van der Waals surface area contributed by atoms with Crippen LogP contribution in [0.4, 0.5) is 11.4 Å². The molecular formula is C21H20N2O4. The minimum atomic E-state index is -0.488. The Morgan fingerprint density at radius 3 is 2.56 bits per heavy atom. The lowest BCUT2D eigenvalue weighted by atomic mass is 10.0. The van der Waals surface area contributed by atoms with E-state index in [0.29, 0.717) is 27.7 Å². The van der Waals surface area contributed by atoms with Crippen LogP contribution in [0.2, 0.25) is 0 Å². The van der Waals surface area contributed by atoms with Gasteiger partial charge in [0.2, 0.25) is 0 Å². The van der Waals surface area contributed by atoms with Gasteiger partial charge >= 0.3 is 11.9 Å². The van der Waals surface area contributed by atoms with Crippen molar-refractivity contribution in [3.8, 4) is 0 Å². The number of anilines is 2. The van der Waals surface area contributed by atoms with Gasteiger partial charge in [0, 0.05) is 17.3 Å². The van der Waals surface area contributed by atoms with Gasteiger partial charge in [0.1, 0.15) is 5.56 Å². The van der Waals surface area contributed by atoms with E-state index in [4.69, 9.17) is 9.47 Å². The molecule has 2 aromatic carbocycles. The summed E-state index contributed by atoms with van der Waals surface area (Å²) in [6, 6.07) is 12.9. The Hall–Kier alpha value is -3.41. The first-order chi connectivity index (χ1) is 13.0. The fraction of sp³-hybridized carbons (Fsp3) is 0.190. The molecule has 1 aromatic heterocycles. The number of fused-ring (bicyclic) bond motifs is 1. The zero-order valence-electron chi connectivity index (χ0n) is 15.4. The molecule has 6 nitrogen and oxygen atoms in total. The number of hydrogen-bond acceptors (Lipinski definition) is 6. The number of aromatic nitrogens is 1. The number of aryl methyl sites for hydroxylation is 1. The summed E-state index contributed by atoms with van der Waals surface area (Å²) in [5.74, 6) is -0.969. The number of rotatable bonds is 5. The molecule has 0 radical (unpaired) electrons. The number of ether oxygens (including phenoxy) is 2. The number of pyridine rings is 1. The third-order valence-corrected chi connectivity index (χ3v) is 4.09. The maximum Gasteiger partial charge on any atom is 0.341 e. The third-order valence-electron chi connectivity index (χ3n) is 4.09. The first-order valence-corrected chi connectivity index (χ1v) is 8.56. The van der Waals surface area contributed by atoms with Crippen molar-refractivity contribution < 1.29 is 19.1 Å². The molecule has 6 heteroatoms. The van der Waals surface area contributed by atoms with Crippen molar-refractivity contribution in [2.45, 2.75) is 13.8 Å². The fourth-order valence-corrected chi connectivity index (χ4v) is 2.86. The molecule has 0 aliphatic heterocycles. The number of hydrogen-bond donors (Lipinski definition) is 1. The number of nitrogens with zero attached hydrogens (tertiary/aromatic N) is 1. The average molecular weight is 364 g/mol. The molecule has 27 heavy (non-hydrogen) atoms. The SMILES string of the molecule is CCOC(=O)c1cnc2c(C(=O)OC)cccc2c1Nc1cccc(C)c1. The second-order valence-corrected chi connectivity index (χ2v) is 5.96. The van der Waals surface area contributed by atoms with E-state index in [9.17, 15) is 9.59 Å². The highest BCUT2D eigenvalue weighted by atomic mass is 16.5. The van der Waals surface area contributed by atoms with E-state index in [1.54, 1.807) is 25.1 Å². The summed E-state index contributed by atoms with van der Waals surface area (Å²) in [6.07, 6.45) is 1.42. The molecule has 3 rings (SSSR count). The molecule has 0 aliphatic rings. The Kier molecular flexibility index (Phi) is 5.35. The highest BCUT2D eigenvalue weighted by Gasteiger charge is 2.20. The zero-order chi connectivity index (χ0) is 19.4. The number of para-hydroxylation sites is 1. The molecule has 0 atom stereocenters. The first kappa shape index (κ1) is 18.4. The van der Waals surface area contributed by atoms with Gasteiger partial charge in [0.25, 0.3) is 0 Å². The average Bonchev–Trinajstić information content (AvgIpc) is 2.67. The molecule has 0 unspecified atom stereocenters.